The zero-order valence-corrected chi connectivity index (χ0v) is 15.0. The van der Waals surface area contributed by atoms with E-state index >= 15 is 0 Å². The van der Waals surface area contributed by atoms with E-state index in [1.165, 1.54) is 19.2 Å². The number of nitrogens with zero attached hydrogens (tertiary/aromatic N) is 1. The standard InChI is InChI=1S/C19H16N2O4S/c1-21-17(19(22)15-5-3-4-6-18(15)26(21,23)24)9-12-11-20-16-10-13(25-2)7-8-14(12)16/h3-11,20H,1-2H3. The van der Waals surface area contributed by atoms with Crippen molar-refractivity contribution >= 4 is 32.8 Å². The molecule has 2 aromatic carbocycles. The van der Waals surface area contributed by atoms with Crippen LogP contribution in [0.25, 0.3) is 17.0 Å². The van der Waals surface area contributed by atoms with E-state index in [4.69, 9.17) is 4.74 Å². The first kappa shape index (κ1) is 16.4. The highest BCUT2D eigenvalue weighted by atomic mass is 32.2. The van der Waals surface area contributed by atoms with Gasteiger partial charge in [-0.3, -0.25) is 9.10 Å². The van der Waals surface area contributed by atoms with Gasteiger partial charge in [-0.25, -0.2) is 8.42 Å². The average Bonchev–Trinajstić information content (AvgIpc) is 3.06. The van der Waals surface area contributed by atoms with E-state index in [1.807, 2.05) is 18.2 Å². The lowest BCUT2D eigenvalue weighted by Crippen LogP contribution is -2.36. The number of methoxy groups -OCH3 is 1. The van der Waals surface area contributed by atoms with Gasteiger partial charge in [-0.1, -0.05) is 12.1 Å². The number of fused-ring (bicyclic) bond motifs is 2. The maximum Gasteiger partial charge on any atom is 0.264 e. The third kappa shape index (κ3) is 2.32. The van der Waals surface area contributed by atoms with Crippen LogP contribution in [-0.4, -0.2) is 37.6 Å². The van der Waals surface area contributed by atoms with Crippen LogP contribution in [0, 0.1) is 0 Å². The van der Waals surface area contributed by atoms with Crippen molar-refractivity contribution in [3.05, 3.63) is 65.5 Å². The highest BCUT2D eigenvalue weighted by Crippen LogP contribution is 2.33. The van der Waals surface area contributed by atoms with Crippen molar-refractivity contribution in [1.82, 2.24) is 9.29 Å². The van der Waals surface area contributed by atoms with Crippen molar-refractivity contribution < 1.29 is 17.9 Å². The van der Waals surface area contributed by atoms with Crippen LogP contribution in [0.4, 0.5) is 0 Å². The minimum absolute atomic E-state index is 0.0355. The van der Waals surface area contributed by atoms with E-state index in [0.29, 0.717) is 5.75 Å². The van der Waals surface area contributed by atoms with Gasteiger partial charge in [0.25, 0.3) is 10.0 Å². The zero-order valence-electron chi connectivity index (χ0n) is 14.2. The summed E-state index contributed by atoms with van der Waals surface area (Å²) in [5, 5.41) is 0.871. The fraction of sp³-hybridized carbons (Fsp3) is 0.105. The molecule has 1 aliphatic rings. The number of carbonyl (C=O) groups excluding carboxylic acids is 1. The van der Waals surface area contributed by atoms with Crippen molar-refractivity contribution in [2.75, 3.05) is 14.2 Å². The number of hydrogen-bond donors (Lipinski definition) is 1. The lowest BCUT2D eigenvalue weighted by atomic mass is 10.1. The Kier molecular flexibility index (Phi) is 3.62. The monoisotopic (exact) mass is 368 g/mol. The number of aromatic nitrogens is 1. The number of rotatable bonds is 2. The predicted octanol–water partition coefficient (Wildman–Crippen LogP) is 3.03. The number of sulfonamides is 1. The van der Waals surface area contributed by atoms with E-state index in [0.717, 1.165) is 20.8 Å². The molecule has 0 bridgehead atoms. The molecule has 4 rings (SSSR count). The Labute approximate surface area is 150 Å². The van der Waals surface area contributed by atoms with Gasteiger partial charge in [0.1, 0.15) is 11.4 Å². The molecule has 2 heterocycles. The van der Waals surface area contributed by atoms with E-state index in [-0.39, 0.29) is 21.9 Å². The number of allylic oxidation sites excluding steroid dienone is 1. The van der Waals surface area contributed by atoms with Gasteiger partial charge in [-0.15, -0.1) is 0 Å². The van der Waals surface area contributed by atoms with Gasteiger partial charge in [0.2, 0.25) is 5.78 Å². The number of aromatic amines is 1. The molecule has 0 unspecified atom stereocenters. The summed E-state index contributed by atoms with van der Waals surface area (Å²) in [4.78, 5) is 16.0. The van der Waals surface area contributed by atoms with Gasteiger partial charge in [0, 0.05) is 41.3 Å². The maximum atomic E-state index is 12.9. The molecule has 0 aliphatic carbocycles. The fourth-order valence-electron chi connectivity index (χ4n) is 3.12. The van der Waals surface area contributed by atoms with E-state index in [9.17, 15) is 13.2 Å². The molecule has 3 aromatic rings. The second-order valence-corrected chi connectivity index (χ2v) is 7.92. The second kappa shape index (κ2) is 5.74. The van der Waals surface area contributed by atoms with E-state index < -0.39 is 10.0 Å². The molecule has 0 saturated carbocycles. The maximum absolute atomic E-state index is 12.9. The summed E-state index contributed by atoms with van der Waals surface area (Å²) in [5.41, 5.74) is 1.87. The molecule has 1 aromatic heterocycles. The minimum atomic E-state index is -3.76. The van der Waals surface area contributed by atoms with Crippen LogP contribution in [0.5, 0.6) is 5.75 Å². The summed E-state index contributed by atoms with van der Waals surface area (Å²) in [6.07, 6.45) is 3.34. The van der Waals surface area contributed by atoms with E-state index in [1.54, 1.807) is 31.5 Å². The van der Waals surface area contributed by atoms with Crippen LogP contribution in [0.15, 0.2) is 59.3 Å². The summed E-state index contributed by atoms with van der Waals surface area (Å²) in [6.45, 7) is 0. The molecule has 6 nitrogen and oxygen atoms in total. The fourth-order valence-corrected chi connectivity index (χ4v) is 4.49. The molecule has 1 aliphatic heterocycles. The summed E-state index contributed by atoms with van der Waals surface area (Å²) in [7, 11) is -0.772. The Balaban J connectivity index is 1.89. The van der Waals surface area contributed by atoms with Crippen molar-refractivity contribution in [3.8, 4) is 5.75 Å². The van der Waals surface area contributed by atoms with Gasteiger partial charge < -0.3 is 9.72 Å². The smallest absolute Gasteiger partial charge is 0.264 e. The molecular formula is C19H16N2O4S. The molecule has 0 fully saturated rings. The SMILES string of the molecule is COc1ccc2c(C=C3C(=O)c4ccccc4S(=O)(=O)N3C)c[nH]c2c1. The number of benzene rings is 2. The highest BCUT2D eigenvalue weighted by Gasteiger charge is 2.36. The van der Waals surface area contributed by atoms with E-state index in [2.05, 4.69) is 4.98 Å². The van der Waals surface area contributed by atoms with Crippen LogP contribution in [0.1, 0.15) is 15.9 Å². The highest BCUT2D eigenvalue weighted by molar-refractivity contribution is 7.89. The largest absolute Gasteiger partial charge is 0.497 e. The molecule has 1 N–H and O–H groups in total. The van der Waals surface area contributed by atoms with Crippen LogP contribution in [-0.2, 0) is 10.0 Å². The topological polar surface area (TPSA) is 79.5 Å². The van der Waals surface area contributed by atoms with Crippen LogP contribution in [0.2, 0.25) is 0 Å². The number of nitrogens with one attached hydrogen (secondary N) is 1. The van der Waals surface area contributed by atoms with Gasteiger partial charge in [0.15, 0.2) is 0 Å². The van der Waals surface area contributed by atoms with Gasteiger partial charge in [-0.05, 0) is 30.3 Å². The van der Waals surface area contributed by atoms with Gasteiger partial charge in [0.05, 0.1) is 12.0 Å². The van der Waals surface area contributed by atoms with Crippen molar-refractivity contribution in [2.24, 2.45) is 0 Å². The second-order valence-electron chi connectivity index (χ2n) is 5.98. The Bertz CT molecular complexity index is 1180. The number of hydrogen-bond acceptors (Lipinski definition) is 4. The number of ketones is 1. The predicted molar refractivity (Wildman–Crippen MR) is 98.5 cm³/mol. The molecular weight excluding hydrogens is 352 g/mol. The third-order valence-electron chi connectivity index (χ3n) is 4.56. The average molecular weight is 368 g/mol. The zero-order chi connectivity index (χ0) is 18.5. The van der Waals surface area contributed by atoms with Crippen molar-refractivity contribution in [1.29, 1.82) is 0 Å². The molecule has 0 atom stereocenters. The molecule has 0 spiro atoms. The molecule has 26 heavy (non-hydrogen) atoms. The quantitative estimate of drug-likeness (QED) is 0.705. The summed E-state index contributed by atoms with van der Waals surface area (Å²) in [5.74, 6) is 0.390. The number of H-pyrrole nitrogens is 1. The van der Waals surface area contributed by atoms with Gasteiger partial charge in [-0.2, -0.15) is 0 Å². The van der Waals surface area contributed by atoms with Crippen molar-refractivity contribution in [2.45, 2.75) is 4.90 Å². The summed E-state index contributed by atoms with van der Waals surface area (Å²) < 4.78 is 31.7. The normalized spacial score (nSPS) is 17.5. The Morgan fingerprint density at radius 1 is 1.15 bits per heavy atom. The Morgan fingerprint density at radius 2 is 1.92 bits per heavy atom. The van der Waals surface area contributed by atoms with Crippen molar-refractivity contribution in [3.63, 3.8) is 0 Å². The lowest BCUT2D eigenvalue weighted by molar-refractivity contribution is 0.101. The number of ether oxygens (including phenoxy) is 1. The molecule has 132 valence electrons. The number of carbonyl (C=O) groups is 1. The molecule has 0 saturated heterocycles. The minimum Gasteiger partial charge on any atom is -0.497 e. The Morgan fingerprint density at radius 3 is 2.69 bits per heavy atom. The number of Topliss-reactive ketones (excluding diaryl/α,β-unsaturated/α-hetero) is 1. The first-order valence-corrected chi connectivity index (χ1v) is 9.37. The van der Waals surface area contributed by atoms with Crippen LogP contribution >= 0.6 is 0 Å². The van der Waals surface area contributed by atoms with Crippen LogP contribution in [0.3, 0.4) is 0 Å². The molecule has 0 radical (unpaired) electrons. The number of likely N-dealkylation sites (N-methyl/N-ethyl adjacent to an activating group) is 1. The first-order valence-electron chi connectivity index (χ1n) is 7.93. The molecule has 7 heteroatoms. The summed E-state index contributed by atoms with van der Waals surface area (Å²) >= 11 is 0. The Hall–Kier alpha value is -3.06. The first-order chi connectivity index (χ1) is 12.4. The lowest BCUT2D eigenvalue weighted by Gasteiger charge is -2.27. The third-order valence-corrected chi connectivity index (χ3v) is 6.38. The van der Waals surface area contributed by atoms with Crippen LogP contribution < -0.4 is 4.74 Å². The van der Waals surface area contributed by atoms with Gasteiger partial charge >= 0.3 is 0 Å². The summed E-state index contributed by atoms with van der Waals surface area (Å²) in [6, 6.07) is 11.8. The molecule has 0 amide bonds.